The van der Waals surface area contributed by atoms with Crippen LogP contribution in [0, 0.1) is 5.82 Å². The first-order chi connectivity index (χ1) is 8.84. The molecule has 0 aliphatic heterocycles. The first-order valence-corrected chi connectivity index (χ1v) is 6.39. The van der Waals surface area contributed by atoms with Crippen molar-refractivity contribution < 1.29 is 9.18 Å². The van der Waals surface area contributed by atoms with Gasteiger partial charge in [-0.05, 0) is 38.3 Å². The van der Waals surface area contributed by atoms with Gasteiger partial charge in [-0.1, -0.05) is 12.1 Å². The molecule has 1 rings (SSSR count). The van der Waals surface area contributed by atoms with Crippen molar-refractivity contribution in [3.8, 4) is 0 Å². The quantitative estimate of drug-likeness (QED) is 0.738. The Hall–Kier alpha value is -1.62. The Kier molecular flexibility index (Phi) is 5.30. The number of halogens is 1. The van der Waals surface area contributed by atoms with Crippen molar-refractivity contribution in [1.82, 2.24) is 0 Å². The van der Waals surface area contributed by atoms with Gasteiger partial charge in [0.1, 0.15) is 5.82 Å². The number of carbonyl (C=O) groups is 1. The van der Waals surface area contributed by atoms with Crippen molar-refractivity contribution >= 4 is 11.6 Å². The summed E-state index contributed by atoms with van der Waals surface area (Å²) in [5.74, 6) is -0.722. The topological polar surface area (TPSA) is 72.3 Å². The lowest BCUT2D eigenvalue weighted by Crippen LogP contribution is -2.49. The summed E-state index contributed by atoms with van der Waals surface area (Å²) in [6.07, 6.45) is 2.13. The van der Waals surface area contributed by atoms with Crippen molar-refractivity contribution in [3.05, 3.63) is 30.1 Å². The van der Waals surface area contributed by atoms with E-state index in [-0.39, 0.29) is 5.82 Å². The third kappa shape index (κ3) is 4.52. The Morgan fingerprint density at radius 3 is 2.58 bits per heavy atom. The van der Waals surface area contributed by atoms with Crippen LogP contribution in [0.3, 0.4) is 0 Å². The third-order valence-electron chi connectivity index (χ3n) is 3.27. The summed E-state index contributed by atoms with van der Waals surface area (Å²) in [6.45, 7) is 2.34. The maximum absolute atomic E-state index is 13.5. The van der Waals surface area contributed by atoms with E-state index in [2.05, 4.69) is 0 Å². The van der Waals surface area contributed by atoms with Crippen LogP contribution in [-0.4, -0.2) is 25.0 Å². The second kappa shape index (κ2) is 6.52. The van der Waals surface area contributed by atoms with E-state index >= 15 is 0 Å². The average molecular weight is 267 g/mol. The van der Waals surface area contributed by atoms with Crippen molar-refractivity contribution in [2.24, 2.45) is 11.5 Å². The number of nitrogens with zero attached hydrogens (tertiary/aromatic N) is 1. The van der Waals surface area contributed by atoms with E-state index in [1.807, 2.05) is 11.9 Å². The van der Waals surface area contributed by atoms with Crippen LogP contribution in [0.15, 0.2) is 24.3 Å². The number of nitrogens with two attached hydrogens (primary N) is 2. The molecule has 0 aliphatic rings. The van der Waals surface area contributed by atoms with Crippen molar-refractivity contribution in [3.63, 3.8) is 0 Å². The molecule has 0 bridgehead atoms. The van der Waals surface area contributed by atoms with Gasteiger partial charge in [0.05, 0.1) is 11.2 Å². The van der Waals surface area contributed by atoms with Gasteiger partial charge in [-0.15, -0.1) is 0 Å². The van der Waals surface area contributed by atoms with Crippen LogP contribution in [0.2, 0.25) is 0 Å². The highest BCUT2D eigenvalue weighted by Crippen LogP contribution is 2.18. The summed E-state index contributed by atoms with van der Waals surface area (Å²) >= 11 is 0. The van der Waals surface area contributed by atoms with E-state index < -0.39 is 11.4 Å². The Morgan fingerprint density at radius 2 is 2.00 bits per heavy atom. The minimum Gasteiger partial charge on any atom is -0.372 e. The number of anilines is 1. The smallest absolute Gasteiger partial charge is 0.237 e. The van der Waals surface area contributed by atoms with E-state index in [4.69, 9.17) is 11.5 Å². The Labute approximate surface area is 113 Å². The van der Waals surface area contributed by atoms with Crippen molar-refractivity contribution in [1.29, 1.82) is 0 Å². The second-order valence-corrected chi connectivity index (χ2v) is 5.11. The van der Waals surface area contributed by atoms with Gasteiger partial charge >= 0.3 is 0 Å². The van der Waals surface area contributed by atoms with E-state index in [1.54, 1.807) is 25.1 Å². The zero-order valence-corrected chi connectivity index (χ0v) is 11.5. The Morgan fingerprint density at radius 1 is 1.37 bits per heavy atom. The first kappa shape index (κ1) is 15.4. The predicted octanol–water partition coefficient (Wildman–Crippen LogP) is 1.63. The molecule has 0 heterocycles. The number of para-hydroxylation sites is 1. The molecule has 0 spiro atoms. The van der Waals surface area contributed by atoms with Crippen LogP contribution in [0.4, 0.5) is 10.1 Å². The van der Waals surface area contributed by atoms with Gasteiger partial charge in [-0.2, -0.15) is 0 Å². The molecule has 1 aromatic rings. The zero-order valence-electron chi connectivity index (χ0n) is 11.5. The molecule has 0 radical (unpaired) electrons. The van der Waals surface area contributed by atoms with Crippen LogP contribution in [0.5, 0.6) is 0 Å². The van der Waals surface area contributed by atoms with E-state index in [0.29, 0.717) is 18.7 Å². The van der Waals surface area contributed by atoms with E-state index in [0.717, 1.165) is 12.8 Å². The number of rotatable bonds is 7. The highest BCUT2D eigenvalue weighted by molar-refractivity contribution is 5.83. The van der Waals surface area contributed by atoms with Gasteiger partial charge < -0.3 is 16.4 Å². The third-order valence-corrected chi connectivity index (χ3v) is 3.27. The number of benzene rings is 1. The normalized spacial score (nSPS) is 13.9. The molecule has 0 saturated carbocycles. The fourth-order valence-electron chi connectivity index (χ4n) is 1.85. The number of amides is 1. The number of hydrogen-bond donors (Lipinski definition) is 2. The molecule has 106 valence electrons. The molecule has 4 nitrogen and oxygen atoms in total. The van der Waals surface area contributed by atoms with E-state index in [1.165, 1.54) is 6.07 Å². The monoisotopic (exact) mass is 267 g/mol. The molecule has 4 N–H and O–H groups in total. The lowest BCUT2D eigenvalue weighted by atomic mass is 9.95. The average Bonchev–Trinajstić information content (AvgIpc) is 2.34. The molecule has 1 unspecified atom stereocenters. The molecular formula is C14H22FN3O. The number of carbonyl (C=O) groups excluding carboxylic acids is 1. The minimum absolute atomic E-state index is 0.231. The van der Waals surface area contributed by atoms with Gasteiger partial charge in [0.2, 0.25) is 5.91 Å². The molecule has 1 atom stereocenters. The fourth-order valence-corrected chi connectivity index (χ4v) is 1.85. The van der Waals surface area contributed by atoms with Gasteiger partial charge in [-0.3, -0.25) is 4.79 Å². The molecule has 1 aromatic carbocycles. The molecular weight excluding hydrogens is 245 g/mol. The predicted molar refractivity (Wildman–Crippen MR) is 75.3 cm³/mol. The van der Waals surface area contributed by atoms with Crippen LogP contribution >= 0.6 is 0 Å². The van der Waals surface area contributed by atoms with Gasteiger partial charge in [0.25, 0.3) is 0 Å². The maximum atomic E-state index is 13.5. The van der Waals surface area contributed by atoms with Crippen LogP contribution in [0.1, 0.15) is 26.2 Å². The Bertz CT molecular complexity index is 434. The number of hydrogen-bond acceptors (Lipinski definition) is 3. The van der Waals surface area contributed by atoms with Crippen LogP contribution in [0.25, 0.3) is 0 Å². The summed E-state index contributed by atoms with van der Waals surface area (Å²) in [4.78, 5) is 12.9. The highest BCUT2D eigenvalue weighted by Gasteiger charge is 2.24. The minimum atomic E-state index is -0.962. The summed E-state index contributed by atoms with van der Waals surface area (Å²) in [6, 6.07) is 6.65. The SMILES string of the molecule is CN(CCCCC(C)(N)C(N)=O)c1ccccc1F. The molecule has 0 fully saturated rings. The number of primary amides is 1. The highest BCUT2D eigenvalue weighted by atomic mass is 19.1. The first-order valence-electron chi connectivity index (χ1n) is 6.39. The zero-order chi connectivity index (χ0) is 14.5. The Balaban J connectivity index is 2.38. The summed E-state index contributed by atoms with van der Waals surface area (Å²) in [7, 11) is 1.84. The maximum Gasteiger partial charge on any atom is 0.237 e. The number of unbranched alkanes of at least 4 members (excludes halogenated alkanes) is 1. The van der Waals surface area contributed by atoms with Gasteiger partial charge in [0, 0.05) is 13.6 Å². The lowest BCUT2D eigenvalue weighted by molar-refractivity contribution is -0.122. The lowest BCUT2D eigenvalue weighted by Gasteiger charge is -2.22. The standard InChI is InChI=1S/C14H22FN3O/c1-14(17,13(16)19)9-5-6-10-18(2)12-8-4-3-7-11(12)15/h3-4,7-8H,5-6,9-10,17H2,1-2H3,(H2,16,19). The van der Waals surface area contributed by atoms with Crippen molar-refractivity contribution in [2.45, 2.75) is 31.7 Å². The summed E-state index contributed by atoms with van der Waals surface area (Å²) < 4.78 is 13.5. The van der Waals surface area contributed by atoms with Crippen LogP contribution < -0.4 is 16.4 Å². The molecule has 0 saturated heterocycles. The molecule has 1 amide bonds. The van der Waals surface area contributed by atoms with Gasteiger partial charge in [-0.25, -0.2) is 4.39 Å². The summed E-state index contributed by atoms with van der Waals surface area (Å²) in [5.41, 5.74) is 10.6. The van der Waals surface area contributed by atoms with Crippen molar-refractivity contribution in [2.75, 3.05) is 18.5 Å². The largest absolute Gasteiger partial charge is 0.372 e. The van der Waals surface area contributed by atoms with Gasteiger partial charge in [0.15, 0.2) is 0 Å². The second-order valence-electron chi connectivity index (χ2n) is 5.11. The summed E-state index contributed by atoms with van der Waals surface area (Å²) in [5, 5.41) is 0. The molecule has 0 aromatic heterocycles. The molecule has 19 heavy (non-hydrogen) atoms. The fraction of sp³-hybridized carbons (Fsp3) is 0.500. The molecule has 0 aliphatic carbocycles. The van der Waals surface area contributed by atoms with E-state index in [9.17, 15) is 9.18 Å². The van der Waals surface area contributed by atoms with Crippen LogP contribution in [-0.2, 0) is 4.79 Å². The molecule has 5 heteroatoms.